The van der Waals surface area contributed by atoms with Crippen LogP contribution in [0.15, 0.2) is 58.5 Å². The number of sulfonamides is 1. The van der Waals surface area contributed by atoms with E-state index in [0.717, 1.165) is 0 Å². The van der Waals surface area contributed by atoms with Crippen molar-refractivity contribution in [2.24, 2.45) is 4.40 Å². The van der Waals surface area contributed by atoms with Crippen molar-refractivity contribution in [1.29, 1.82) is 0 Å². The molecule has 118 valence electrons. The van der Waals surface area contributed by atoms with E-state index in [9.17, 15) is 12.8 Å². The molecule has 3 rings (SSSR count). The molecule has 7 heteroatoms. The molecule has 0 saturated heterocycles. The molecule has 1 N–H and O–H groups in total. The van der Waals surface area contributed by atoms with Crippen LogP contribution in [-0.4, -0.2) is 14.3 Å². The molecule has 0 radical (unpaired) electrons. The summed E-state index contributed by atoms with van der Waals surface area (Å²) in [6.45, 7) is 1.65. The second-order valence-electron chi connectivity index (χ2n) is 5.01. The molecular formula is C16H12ClFN2O2S. The lowest BCUT2D eigenvalue weighted by molar-refractivity contribution is 0.608. The van der Waals surface area contributed by atoms with Gasteiger partial charge in [-0.05, 0) is 42.8 Å². The summed E-state index contributed by atoms with van der Waals surface area (Å²) in [5.41, 5.74) is 1.50. The predicted octanol–water partition coefficient (Wildman–Crippen LogP) is 4.06. The van der Waals surface area contributed by atoms with Gasteiger partial charge in [0.05, 0.1) is 0 Å². The maximum absolute atomic E-state index is 13.0. The highest BCUT2D eigenvalue weighted by Crippen LogP contribution is 2.33. The van der Waals surface area contributed by atoms with Gasteiger partial charge in [0.25, 0.3) is 10.0 Å². The SMILES string of the molecule is CC1=C(c2ccc(F)cc2)S(=O)(=O)N=C1Nc1cccc(Cl)c1. The van der Waals surface area contributed by atoms with Gasteiger partial charge < -0.3 is 5.32 Å². The van der Waals surface area contributed by atoms with Gasteiger partial charge in [0.15, 0.2) is 0 Å². The van der Waals surface area contributed by atoms with Crippen LogP contribution in [0.4, 0.5) is 10.1 Å². The predicted molar refractivity (Wildman–Crippen MR) is 90.4 cm³/mol. The van der Waals surface area contributed by atoms with Gasteiger partial charge in [0.1, 0.15) is 16.6 Å². The van der Waals surface area contributed by atoms with Crippen molar-refractivity contribution in [2.75, 3.05) is 5.32 Å². The number of halogens is 2. The second-order valence-corrected chi connectivity index (χ2v) is 6.99. The zero-order valence-electron chi connectivity index (χ0n) is 12.0. The van der Waals surface area contributed by atoms with Crippen LogP contribution in [0, 0.1) is 5.82 Å². The fourth-order valence-electron chi connectivity index (χ4n) is 2.32. The molecule has 0 saturated carbocycles. The molecule has 23 heavy (non-hydrogen) atoms. The van der Waals surface area contributed by atoms with Crippen LogP contribution < -0.4 is 5.32 Å². The lowest BCUT2D eigenvalue weighted by atomic mass is 10.1. The first-order valence-electron chi connectivity index (χ1n) is 6.71. The van der Waals surface area contributed by atoms with Crippen LogP contribution in [0.3, 0.4) is 0 Å². The van der Waals surface area contributed by atoms with E-state index in [1.54, 1.807) is 31.2 Å². The van der Waals surface area contributed by atoms with Crippen molar-refractivity contribution < 1.29 is 12.8 Å². The maximum Gasteiger partial charge on any atom is 0.285 e. The quantitative estimate of drug-likeness (QED) is 0.888. The normalized spacial score (nSPS) is 16.4. The number of nitrogens with one attached hydrogen (secondary N) is 1. The molecular weight excluding hydrogens is 339 g/mol. The second kappa shape index (κ2) is 5.79. The molecule has 0 aromatic heterocycles. The maximum atomic E-state index is 13.0. The highest BCUT2D eigenvalue weighted by Gasteiger charge is 2.31. The topological polar surface area (TPSA) is 58.5 Å². The number of benzene rings is 2. The number of hydrogen-bond acceptors (Lipinski definition) is 3. The van der Waals surface area contributed by atoms with Gasteiger partial charge >= 0.3 is 0 Å². The van der Waals surface area contributed by atoms with Gasteiger partial charge in [-0.25, -0.2) is 4.39 Å². The first-order chi connectivity index (χ1) is 10.9. The van der Waals surface area contributed by atoms with E-state index in [2.05, 4.69) is 9.71 Å². The van der Waals surface area contributed by atoms with Gasteiger partial charge in [-0.3, -0.25) is 0 Å². The molecule has 2 aromatic rings. The number of amidine groups is 1. The molecule has 0 bridgehead atoms. The Hall–Kier alpha value is -2.18. The molecule has 0 aliphatic carbocycles. The van der Waals surface area contributed by atoms with Crippen LogP contribution in [0.25, 0.3) is 4.91 Å². The molecule has 1 aliphatic heterocycles. The summed E-state index contributed by atoms with van der Waals surface area (Å²) in [6.07, 6.45) is 0. The summed E-state index contributed by atoms with van der Waals surface area (Å²) in [7, 11) is -3.83. The number of rotatable bonds is 2. The zero-order chi connectivity index (χ0) is 16.6. The Bertz CT molecular complexity index is 935. The molecule has 4 nitrogen and oxygen atoms in total. The molecule has 1 heterocycles. The summed E-state index contributed by atoms with van der Waals surface area (Å²) in [6, 6.07) is 12.2. The van der Waals surface area contributed by atoms with Crippen LogP contribution in [0.5, 0.6) is 0 Å². The first-order valence-corrected chi connectivity index (χ1v) is 8.53. The Labute approximate surface area is 138 Å². The van der Waals surface area contributed by atoms with E-state index < -0.39 is 15.8 Å². The Kier molecular flexibility index (Phi) is 3.95. The average Bonchev–Trinajstić information content (AvgIpc) is 2.70. The lowest BCUT2D eigenvalue weighted by Gasteiger charge is -2.07. The molecule has 0 fully saturated rings. The van der Waals surface area contributed by atoms with E-state index >= 15 is 0 Å². The van der Waals surface area contributed by atoms with Crippen LogP contribution >= 0.6 is 11.6 Å². The van der Waals surface area contributed by atoms with Crippen LogP contribution in [-0.2, 0) is 10.0 Å². The molecule has 2 aromatic carbocycles. The van der Waals surface area contributed by atoms with Gasteiger partial charge in [-0.15, -0.1) is 4.40 Å². The van der Waals surface area contributed by atoms with Crippen molar-refractivity contribution in [3.63, 3.8) is 0 Å². The molecule has 0 amide bonds. The minimum Gasteiger partial charge on any atom is -0.339 e. The summed E-state index contributed by atoms with van der Waals surface area (Å²) in [5.74, 6) is -0.202. The van der Waals surface area contributed by atoms with E-state index in [0.29, 0.717) is 21.8 Å². The van der Waals surface area contributed by atoms with E-state index in [-0.39, 0.29) is 10.7 Å². The van der Waals surface area contributed by atoms with Crippen molar-refractivity contribution in [1.82, 2.24) is 0 Å². The Morgan fingerprint density at radius 3 is 2.48 bits per heavy atom. The van der Waals surface area contributed by atoms with Crippen molar-refractivity contribution in [2.45, 2.75) is 6.92 Å². The van der Waals surface area contributed by atoms with Gasteiger partial charge in [-0.2, -0.15) is 8.42 Å². The van der Waals surface area contributed by atoms with Crippen molar-refractivity contribution in [3.8, 4) is 0 Å². The average molecular weight is 351 g/mol. The number of anilines is 1. The van der Waals surface area contributed by atoms with E-state index in [1.807, 2.05) is 0 Å². The largest absolute Gasteiger partial charge is 0.339 e. The van der Waals surface area contributed by atoms with Gasteiger partial charge in [0.2, 0.25) is 0 Å². The summed E-state index contributed by atoms with van der Waals surface area (Å²) in [4.78, 5) is 0.0713. The van der Waals surface area contributed by atoms with Crippen LogP contribution in [0.2, 0.25) is 5.02 Å². The highest BCUT2D eigenvalue weighted by atomic mass is 35.5. The fourth-order valence-corrected chi connectivity index (χ4v) is 3.94. The molecule has 0 atom stereocenters. The highest BCUT2D eigenvalue weighted by molar-refractivity contribution is 8.00. The van der Waals surface area contributed by atoms with Crippen LogP contribution in [0.1, 0.15) is 12.5 Å². The number of hydrogen-bond donors (Lipinski definition) is 1. The van der Waals surface area contributed by atoms with Crippen molar-refractivity contribution in [3.05, 3.63) is 70.5 Å². The Morgan fingerprint density at radius 1 is 1.13 bits per heavy atom. The Balaban J connectivity index is 2.01. The van der Waals surface area contributed by atoms with E-state index in [4.69, 9.17) is 11.6 Å². The molecule has 1 aliphatic rings. The van der Waals surface area contributed by atoms with Gasteiger partial charge in [-0.1, -0.05) is 29.8 Å². The third kappa shape index (κ3) is 3.13. The summed E-state index contributed by atoms with van der Waals surface area (Å²) < 4.78 is 41.5. The lowest BCUT2D eigenvalue weighted by Crippen LogP contribution is -2.11. The summed E-state index contributed by atoms with van der Waals surface area (Å²) >= 11 is 5.92. The Morgan fingerprint density at radius 2 is 1.83 bits per heavy atom. The zero-order valence-corrected chi connectivity index (χ0v) is 13.6. The van der Waals surface area contributed by atoms with Crippen molar-refractivity contribution >= 4 is 38.1 Å². The van der Waals surface area contributed by atoms with Gasteiger partial charge in [0, 0.05) is 16.3 Å². The number of nitrogens with zero attached hydrogens (tertiary/aromatic N) is 1. The molecule has 0 unspecified atom stereocenters. The third-order valence-electron chi connectivity index (χ3n) is 3.36. The molecule has 0 spiro atoms. The fraction of sp³-hybridized carbons (Fsp3) is 0.0625. The minimum absolute atomic E-state index is 0.0713. The minimum atomic E-state index is -3.83. The summed E-state index contributed by atoms with van der Waals surface area (Å²) in [5, 5.41) is 3.48. The third-order valence-corrected chi connectivity index (χ3v) is 5.07. The monoisotopic (exact) mass is 350 g/mol. The first kappa shape index (κ1) is 15.7. The standard InChI is InChI=1S/C16H12ClFN2O2S/c1-10-15(11-5-7-13(18)8-6-11)23(21,22)20-16(10)19-14-4-2-3-12(17)9-14/h2-9H,1H3,(H,19,20). The smallest absolute Gasteiger partial charge is 0.285 e. The van der Waals surface area contributed by atoms with E-state index in [1.165, 1.54) is 24.3 Å².